The SMILES string of the molecule is CCNC(=NCc1ccnn1C)NCCOc1ccccc1C(C)C.I. The topological polar surface area (TPSA) is 63.5 Å². The Bertz CT molecular complexity index is 684. The summed E-state index contributed by atoms with van der Waals surface area (Å²) in [6.07, 6.45) is 1.78. The Kier molecular flexibility index (Phi) is 10.1. The van der Waals surface area contributed by atoms with Crippen LogP contribution >= 0.6 is 24.0 Å². The van der Waals surface area contributed by atoms with Gasteiger partial charge in [0.15, 0.2) is 5.96 Å². The summed E-state index contributed by atoms with van der Waals surface area (Å²) in [6.45, 7) is 9.07. The number of aromatic nitrogens is 2. The van der Waals surface area contributed by atoms with Gasteiger partial charge in [0.05, 0.1) is 18.8 Å². The van der Waals surface area contributed by atoms with Crippen molar-refractivity contribution in [3.8, 4) is 5.75 Å². The highest BCUT2D eigenvalue weighted by Crippen LogP contribution is 2.25. The molecular weight excluding hydrogens is 441 g/mol. The molecule has 2 rings (SSSR count). The summed E-state index contributed by atoms with van der Waals surface area (Å²) in [4.78, 5) is 4.59. The van der Waals surface area contributed by atoms with Crippen molar-refractivity contribution in [3.63, 3.8) is 0 Å². The van der Waals surface area contributed by atoms with Crippen LogP contribution in [0.1, 0.15) is 37.9 Å². The van der Waals surface area contributed by atoms with Crippen LogP contribution in [0.5, 0.6) is 5.75 Å². The normalized spacial score (nSPS) is 11.2. The molecule has 7 heteroatoms. The highest BCUT2D eigenvalue weighted by Gasteiger charge is 2.06. The summed E-state index contributed by atoms with van der Waals surface area (Å²) in [5.41, 5.74) is 2.30. The number of nitrogens with one attached hydrogen (secondary N) is 2. The lowest BCUT2D eigenvalue weighted by Crippen LogP contribution is -2.39. The Morgan fingerprint density at radius 1 is 1.23 bits per heavy atom. The molecule has 0 unspecified atom stereocenters. The lowest BCUT2D eigenvalue weighted by molar-refractivity contribution is 0.317. The molecule has 0 radical (unpaired) electrons. The molecule has 2 N–H and O–H groups in total. The van der Waals surface area contributed by atoms with Crippen LogP contribution in [0.4, 0.5) is 0 Å². The van der Waals surface area contributed by atoms with E-state index < -0.39 is 0 Å². The van der Waals surface area contributed by atoms with Crippen molar-refractivity contribution >= 4 is 29.9 Å². The average molecular weight is 471 g/mol. The smallest absolute Gasteiger partial charge is 0.191 e. The molecule has 2 aromatic rings. The molecule has 0 atom stereocenters. The van der Waals surface area contributed by atoms with E-state index in [9.17, 15) is 0 Å². The average Bonchev–Trinajstić information content (AvgIpc) is 3.01. The first-order valence-corrected chi connectivity index (χ1v) is 8.82. The minimum absolute atomic E-state index is 0. The van der Waals surface area contributed by atoms with Gasteiger partial charge in [0.2, 0.25) is 0 Å². The maximum atomic E-state index is 5.94. The zero-order valence-corrected chi connectivity index (χ0v) is 18.4. The van der Waals surface area contributed by atoms with E-state index in [1.807, 2.05) is 29.9 Å². The van der Waals surface area contributed by atoms with E-state index in [2.05, 4.69) is 53.6 Å². The number of rotatable bonds is 8. The van der Waals surface area contributed by atoms with Gasteiger partial charge in [-0.1, -0.05) is 32.0 Å². The second-order valence-electron chi connectivity index (χ2n) is 6.11. The highest BCUT2D eigenvalue weighted by atomic mass is 127. The molecule has 1 heterocycles. The highest BCUT2D eigenvalue weighted by molar-refractivity contribution is 14.0. The zero-order chi connectivity index (χ0) is 18.1. The molecule has 0 saturated heterocycles. The third kappa shape index (κ3) is 6.86. The summed E-state index contributed by atoms with van der Waals surface area (Å²) in [5, 5.41) is 10.7. The second-order valence-corrected chi connectivity index (χ2v) is 6.11. The summed E-state index contributed by atoms with van der Waals surface area (Å²) in [6, 6.07) is 10.2. The van der Waals surface area contributed by atoms with E-state index in [-0.39, 0.29) is 24.0 Å². The van der Waals surface area contributed by atoms with Gasteiger partial charge in [-0.05, 0) is 30.5 Å². The summed E-state index contributed by atoms with van der Waals surface area (Å²) in [7, 11) is 1.92. The van der Waals surface area contributed by atoms with Gasteiger partial charge in [-0.3, -0.25) is 4.68 Å². The quantitative estimate of drug-likeness (QED) is 0.269. The molecule has 26 heavy (non-hydrogen) atoms. The predicted octanol–water partition coefficient (Wildman–Crippen LogP) is 3.30. The largest absolute Gasteiger partial charge is 0.491 e. The Morgan fingerprint density at radius 3 is 2.65 bits per heavy atom. The van der Waals surface area contributed by atoms with E-state index in [0.29, 0.717) is 25.6 Å². The van der Waals surface area contributed by atoms with E-state index in [0.717, 1.165) is 23.9 Å². The Morgan fingerprint density at radius 2 is 2.00 bits per heavy atom. The monoisotopic (exact) mass is 471 g/mol. The molecule has 0 aliphatic carbocycles. The van der Waals surface area contributed by atoms with Crippen molar-refractivity contribution < 1.29 is 4.74 Å². The van der Waals surface area contributed by atoms with Crippen molar-refractivity contribution in [2.24, 2.45) is 12.0 Å². The summed E-state index contributed by atoms with van der Waals surface area (Å²) < 4.78 is 7.77. The first-order valence-electron chi connectivity index (χ1n) is 8.82. The Balaban J connectivity index is 0.00000338. The number of ether oxygens (including phenoxy) is 1. The van der Waals surface area contributed by atoms with Crippen molar-refractivity contribution in [1.82, 2.24) is 20.4 Å². The van der Waals surface area contributed by atoms with Gasteiger partial charge in [-0.25, -0.2) is 4.99 Å². The molecule has 0 spiro atoms. The maximum absolute atomic E-state index is 5.94. The molecule has 0 amide bonds. The molecule has 1 aromatic heterocycles. The molecule has 6 nitrogen and oxygen atoms in total. The van der Waals surface area contributed by atoms with E-state index in [1.165, 1.54) is 5.56 Å². The maximum Gasteiger partial charge on any atom is 0.191 e. The third-order valence-electron chi connectivity index (χ3n) is 3.86. The van der Waals surface area contributed by atoms with Gasteiger partial charge in [-0.15, -0.1) is 24.0 Å². The van der Waals surface area contributed by atoms with Crippen LogP contribution in [0.2, 0.25) is 0 Å². The fourth-order valence-electron chi connectivity index (χ4n) is 2.48. The zero-order valence-electron chi connectivity index (χ0n) is 16.0. The number of aryl methyl sites for hydroxylation is 1. The van der Waals surface area contributed by atoms with Crippen molar-refractivity contribution in [1.29, 1.82) is 0 Å². The fraction of sp³-hybridized carbons (Fsp3) is 0.474. The van der Waals surface area contributed by atoms with Gasteiger partial charge in [0.1, 0.15) is 12.4 Å². The standard InChI is InChI=1S/C19H29N5O.HI/c1-5-20-19(22-14-16-10-11-23-24(16)4)21-12-13-25-18-9-7-6-8-17(18)15(2)3;/h6-11,15H,5,12-14H2,1-4H3,(H2,20,21,22);1H. The molecule has 1 aromatic carbocycles. The summed E-state index contributed by atoms with van der Waals surface area (Å²) in [5.74, 6) is 2.18. The van der Waals surface area contributed by atoms with E-state index >= 15 is 0 Å². The number of aliphatic imine (C=N–C) groups is 1. The van der Waals surface area contributed by atoms with Crippen LogP contribution in [0.15, 0.2) is 41.5 Å². The first-order chi connectivity index (χ1) is 12.1. The minimum atomic E-state index is 0. The lowest BCUT2D eigenvalue weighted by atomic mass is 10.0. The van der Waals surface area contributed by atoms with Gasteiger partial charge < -0.3 is 15.4 Å². The third-order valence-corrected chi connectivity index (χ3v) is 3.86. The number of hydrogen-bond acceptors (Lipinski definition) is 3. The number of halogens is 1. The van der Waals surface area contributed by atoms with Crippen LogP contribution in [-0.2, 0) is 13.6 Å². The molecule has 0 bridgehead atoms. The number of benzene rings is 1. The lowest BCUT2D eigenvalue weighted by Gasteiger charge is -2.15. The van der Waals surface area contributed by atoms with Crippen molar-refractivity contribution in [2.75, 3.05) is 19.7 Å². The molecule has 0 aliphatic rings. The fourth-order valence-corrected chi connectivity index (χ4v) is 2.48. The van der Waals surface area contributed by atoms with E-state index in [1.54, 1.807) is 6.20 Å². The van der Waals surface area contributed by atoms with Crippen LogP contribution in [-0.4, -0.2) is 35.4 Å². The van der Waals surface area contributed by atoms with Gasteiger partial charge in [0.25, 0.3) is 0 Å². The van der Waals surface area contributed by atoms with Gasteiger partial charge in [0, 0.05) is 19.8 Å². The molecular formula is C19H30IN5O. The Hall–Kier alpha value is -1.77. The molecule has 0 saturated carbocycles. The van der Waals surface area contributed by atoms with Crippen LogP contribution in [0, 0.1) is 0 Å². The summed E-state index contributed by atoms with van der Waals surface area (Å²) >= 11 is 0. The number of guanidine groups is 1. The molecule has 0 fully saturated rings. The number of hydrogen-bond donors (Lipinski definition) is 2. The van der Waals surface area contributed by atoms with Crippen molar-refractivity contribution in [2.45, 2.75) is 33.2 Å². The molecule has 0 aliphatic heterocycles. The second kappa shape index (κ2) is 11.8. The number of para-hydroxylation sites is 1. The predicted molar refractivity (Wildman–Crippen MR) is 117 cm³/mol. The van der Waals surface area contributed by atoms with E-state index in [4.69, 9.17) is 4.74 Å². The molecule has 144 valence electrons. The van der Waals surface area contributed by atoms with Gasteiger partial charge >= 0.3 is 0 Å². The van der Waals surface area contributed by atoms with Crippen LogP contribution in [0.25, 0.3) is 0 Å². The van der Waals surface area contributed by atoms with Gasteiger partial charge in [-0.2, -0.15) is 5.10 Å². The Labute approximate surface area is 173 Å². The van der Waals surface area contributed by atoms with Crippen LogP contribution < -0.4 is 15.4 Å². The first kappa shape index (κ1) is 22.3. The van der Waals surface area contributed by atoms with Crippen molar-refractivity contribution in [3.05, 3.63) is 47.8 Å². The number of nitrogens with zero attached hydrogens (tertiary/aromatic N) is 3. The minimum Gasteiger partial charge on any atom is -0.491 e. The van der Waals surface area contributed by atoms with Crippen LogP contribution in [0.3, 0.4) is 0 Å².